The first kappa shape index (κ1) is 21.0. The standard InChI is InChI=1S/C23H22FN3O3S/c1-29-20(28)6-4-14-27-22(21(26-23(27)31)17-5-2-3-13-25-17)19-12-11-18(30-19)15-7-9-16(24)10-8-15/h2-3,5,7-13,21-22H,4,6,14H2,1H3,(H,26,31)/t21-,22-/m1/s1. The van der Waals surface area contributed by atoms with Crippen molar-refractivity contribution in [2.75, 3.05) is 13.7 Å². The summed E-state index contributed by atoms with van der Waals surface area (Å²) in [7, 11) is 1.38. The minimum Gasteiger partial charge on any atom is -0.469 e. The van der Waals surface area contributed by atoms with E-state index in [2.05, 4.69) is 10.3 Å². The van der Waals surface area contributed by atoms with Gasteiger partial charge < -0.3 is 19.4 Å². The Morgan fingerprint density at radius 1 is 1.23 bits per heavy atom. The number of thiocarbonyl (C=S) groups is 1. The van der Waals surface area contributed by atoms with Crippen LogP contribution in [0.4, 0.5) is 4.39 Å². The Morgan fingerprint density at radius 3 is 2.74 bits per heavy atom. The summed E-state index contributed by atoms with van der Waals surface area (Å²) >= 11 is 5.60. The molecule has 0 saturated carbocycles. The lowest BCUT2D eigenvalue weighted by atomic mass is 10.0. The van der Waals surface area contributed by atoms with Gasteiger partial charge in [-0.3, -0.25) is 9.78 Å². The van der Waals surface area contributed by atoms with Crippen LogP contribution in [0.15, 0.2) is 65.2 Å². The highest BCUT2D eigenvalue weighted by Crippen LogP contribution is 2.40. The van der Waals surface area contributed by atoms with Gasteiger partial charge in [-0.1, -0.05) is 6.07 Å². The number of hydrogen-bond donors (Lipinski definition) is 1. The number of nitrogens with zero attached hydrogens (tertiary/aromatic N) is 2. The third-order valence-electron chi connectivity index (χ3n) is 5.25. The van der Waals surface area contributed by atoms with Crippen LogP contribution in [-0.4, -0.2) is 34.6 Å². The Hall–Kier alpha value is -3.26. The molecule has 1 aliphatic rings. The van der Waals surface area contributed by atoms with Gasteiger partial charge >= 0.3 is 5.97 Å². The predicted octanol–water partition coefficient (Wildman–Crippen LogP) is 4.41. The van der Waals surface area contributed by atoms with E-state index in [0.717, 1.165) is 11.3 Å². The molecule has 2 aromatic heterocycles. The molecule has 1 N–H and O–H groups in total. The van der Waals surface area contributed by atoms with Gasteiger partial charge in [-0.15, -0.1) is 0 Å². The average molecular weight is 440 g/mol. The normalized spacial score (nSPS) is 18.1. The maximum atomic E-state index is 13.3. The van der Waals surface area contributed by atoms with E-state index in [-0.39, 0.29) is 23.9 Å². The maximum Gasteiger partial charge on any atom is 0.305 e. The molecule has 3 heterocycles. The molecule has 1 fully saturated rings. The van der Waals surface area contributed by atoms with E-state index in [0.29, 0.717) is 36.0 Å². The van der Waals surface area contributed by atoms with E-state index in [1.54, 1.807) is 18.3 Å². The van der Waals surface area contributed by atoms with Gasteiger partial charge in [-0.2, -0.15) is 0 Å². The molecule has 1 saturated heterocycles. The van der Waals surface area contributed by atoms with Gasteiger partial charge in [0.2, 0.25) is 0 Å². The fourth-order valence-corrected chi connectivity index (χ4v) is 4.06. The van der Waals surface area contributed by atoms with Crippen LogP contribution in [0.2, 0.25) is 0 Å². The maximum absolute atomic E-state index is 13.3. The number of pyridine rings is 1. The first-order chi connectivity index (χ1) is 15.1. The zero-order valence-corrected chi connectivity index (χ0v) is 17.8. The number of rotatable bonds is 7. The van der Waals surface area contributed by atoms with Gasteiger partial charge in [0.25, 0.3) is 0 Å². The summed E-state index contributed by atoms with van der Waals surface area (Å²) in [6, 6.07) is 15.2. The summed E-state index contributed by atoms with van der Waals surface area (Å²) in [5, 5.41) is 3.92. The second-order valence-electron chi connectivity index (χ2n) is 7.21. The quantitative estimate of drug-likeness (QED) is 0.432. The summed E-state index contributed by atoms with van der Waals surface area (Å²) in [6.07, 6.45) is 2.63. The van der Waals surface area contributed by atoms with E-state index in [4.69, 9.17) is 21.4 Å². The van der Waals surface area contributed by atoms with E-state index in [1.807, 2.05) is 35.2 Å². The zero-order valence-electron chi connectivity index (χ0n) is 17.0. The Balaban J connectivity index is 1.64. The second-order valence-corrected chi connectivity index (χ2v) is 7.60. The van der Waals surface area contributed by atoms with Gasteiger partial charge in [0.1, 0.15) is 23.4 Å². The summed E-state index contributed by atoms with van der Waals surface area (Å²) in [6.45, 7) is 0.557. The molecule has 1 aromatic carbocycles. The molecule has 3 aromatic rings. The molecule has 1 aliphatic heterocycles. The van der Waals surface area contributed by atoms with Crippen molar-refractivity contribution >= 4 is 23.3 Å². The average Bonchev–Trinajstić information content (AvgIpc) is 3.39. The monoisotopic (exact) mass is 439 g/mol. The van der Waals surface area contributed by atoms with Gasteiger partial charge in [-0.25, -0.2) is 4.39 Å². The number of carbonyl (C=O) groups excluding carboxylic acids is 1. The van der Waals surface area contributed by atoms with E-state index >= 15 is 0 Å². The molecule has 0 amide bonds. The van der Waals surface area contributed by atoms with Gasteiger partial charge in [0.15, 0.2) is 5.11 Å². The number of carbonyl (C=O) groups is 1. The van der Waals surface area contributed by atoms with Crippen molar-refractivity contribution in [2.45, 2.75) is 24.9 Å². The second kappa shape index (κ2) is 9.26. The molecule has 2 atom stereocenters. The molecule has 0 radical (unpaired) electrons. The number of furan rings is 1. The zero-order chi connectivity index (χ0) is 21.8. The number of ether oxygens (including phenoxy) is 1. The van der Waals surface area contributed by atoms with Crippen molar-refractivity contribution in [3.05, 3.63) is 78.1 Å². The molecule has 0 spiro atoms. The van der Waals surface area contributed by atoms with Crippen molar-refractivity contribution in [2.24, 2.45) is 0 Å². The first-order valence-corrected chi connectivity index (χ1v) is 10.4. The van der Waals surface area contributed by atoms with Crippen LogP contribution in [0, 0.1) is 5.82 Å². The summed E-state index contributed by atoms with van der Waals surface area (Å²) in [4.78, 5) is 18.1. The Morgan fingerprint density at radius 2 is 2.03 bits per heavy atom. The highest BCUT2D eigenvalue weighted by atomic mass is 32.1. The molecule has 8 heteroatoms. The number of halogens is 1. The van der Waals surface area contributed by atoms with Crippen molar-refractivity contribution < 1.29 is 18.3 Å². The molecular formula is C23H22FN3O3S. The topological polar surface area (TPSA) is 67.6 Å². The Labute approximate surface area is 185 Å². The molecule has 0 unspecified atom stereocenters. The lowest BCUT2D eigenvalue weighted by Crippen LogP contribution is -2.30. The molecule has 31 heavy (non-hydrogen) atoms. The predicted molar refractivity (Wildman–Crippen MR) is 118 cm³/mol. The minimum absolute atomic E-state index is 0.209. The van der Waals surface area contributed by atoms with Crippen LogP contribution in [0.5, 0.6) is 0 Å². The third-order valence-corrected chi connectivity index (χ3v) is 5.60. The van der Waals surface area contributed by atoms with Crippen molar-refractivity contribution in [1.82, 2.24) is 15.2 Å². The fourth-order valence-electron chi connectivity index (χ4n) is 3.73. The van der Waals surface area contributed by atoms with Gasteiger partial charge in [-0.05, 0) is 67.2 Å². The number of benzene rings is 1. The van der Waals surface area contributed by atoms with Crippen molar-refractivity contribution in [1.29, 1.82) is 0 Å². The number of aromatic nitrogens is 1. The number of esters is 1. The van der Waals surface area contributed by atoms with Crippen LogP contribution >= 0.6 is 12.2 Å². The smallest absolute Gasteiger partial charge is 0.305 e. The van der Waals surface area contributed by atoms with Crippen LogP contribution in [0.3, 0.4) is 0 Å². The third kappa shape index (κ3) is 4.59. The van der Waals surface area contributed by atoms with Crippen LogP contribution in [-0.2, 0) is 9.53 Å². The van der Waals surface area contributed by atoms with Gasteiger partial charge in [0.05, 0.1) is 18.8 Å². The van der Waals surface area contributed by atoms with Crippen molar-refractivity contribution in [3.8, 4) is 11.3 Å². The molecule has 0 aliphatic carbocycles. The molecule has 6 nitrogen and oxygen atoms in total. The van der Waals surface area contributed by atoms with E-state index in [9.17, 15) is 9.18 Å². The highest BCUT2D eigenvalue weighted by Gasteiger charge is 2.41. The Bertz CT molecular complexity index is 1060. The number of nitrogens with one attached hydrogen (secondary N) is 1. The fraction of sp³-hybridized carbons (Fsp3) is 0.261. The molecule has 4 rings (SSSR count). The van der Waals surface area contributed by atoms with Gasteiger partial charge in [0, 0.05) is 24.7 Å². The van der Waals surface area contributed by atoms with Crippen molar-refractivity contribution in [3.63, 3.8) is 0 Å². The SMILES string of the molecule is COC(=O)CCCN1C(=S)N[C@H](c2ccccn2)[C@H]1c1ccc(-c2ccc(F)cc2)o1. The highest BCUT2D eigenvalue weighted by molar-refractivity contribution is 7.80. The lowest BCUT2D eigenvalue weighted by Gasteiger charge is -2.25. The summed E-state index contributed by atoms with van der Waals surface area (Å²) in [5.41, 5.74) is 1.62. The Kier molecular flexibility index (Phi) is 6.27. The van der Waals surface area contributed by atoms with Crippen LogP contribution in [0.25, 0.3) is 11.3 Å². The van der Waals surface area contributed by atoms with Crippen LogP contribution < -0.4 is 5.32 Å². The molecule has 160 valence electrons. The number of methoxy groups -OCH3 is 1. The van der Waals surface area contributed by atoms with E-state index in [1.165, 1.54) is 19.2 Å². The first-order valence-electron chi connectivity index (χ1n) is 9.97. The molecular weight excluding hydrogens is 417 g/mol. The number of hydrogen-bond acceptors (Lipinski definition) is 5. The largest absolute Gasteiger partial charge is 0.469 e. The summed E-state index contributed by atoms with van der Waals surface area (Å²) in [5.74, 6) is 0.794. The summed E-state index contributed by atoms with van der Waals surface area (Å²) < 4.78 is 24.2. The molecule has 0 bridgehead atoms. The minimum atomic E-state index is -0.298. The van der Waals surface area contributed by atoms with E-state index < -0.39 is 0 Å². The van der Waals surface area contributed by atoms with Crippen LogP contribution in [0.1, 0.15) is 36.4 Å². The lowest BCUT2D eigenvalue weighted by molar-refractivity contribution is -0.140.